The van der Waals surface area contributed by atoms with E-state index in [2.05, 4.69) is 15.3 Å². The van der Waals surface area contributed by atoms with Gasteiger partial charge in [0.2, 0.25) is 0 Å². The van der Waals surface area contributed by atoms with E-state index in [1.165, 1.54) is 12.1 Å². The highest BCUT2D eigenvalue weighted by molar-refractivity contribution is 5.25. The van der Waals surface area contributed by atoms with Gasteiger partial charge in [-0.3, -0.25) is 4.79 Å². The summed E-state index contributed by atoms with van der Waals surface area (Å²) in [6.07, 6.45) is 0.431. The predicted octanol–water partition coefficient (Wildman–Crippen LogP) is 1.10. The number of nitrogens with zero attached hydrogens (tertiary/aromatic N) is 1. The number of H-pyrrole nitrogens is 1. The van der Waals surface area contributed by atoms with Gasteiger partial charge in [-0.15, -0.1) is 0 Å². The Morgan fingerprint density at radius 2 is 2.22 bits per heavy atom. The number of aromatic nitrogens is 2. The van der Waals surface area contributed by atoms with Gasteiger partial charge < -0.3 is 10.3 Å². The normalized spacial score (nSPS) is 13.6. The molecule has 0 amide bonds. The summed E-state index contributed by atoms with van der Waals surface area (Å²) in [5.41, 5.74) is 2.20. The Balaban J connectivity index is 1.94. The highest BCUT2D eigenvalue weighted by Gasteiger charge is 2.16. The van der Waals surface area contributed by atoms with Crippen LogP contribution in [0.15, 0.2) is 29.1 Å². The van der Waals surface area contributed by atoms with E-state index >= 15 is 0 Å². The van der Waals surface area contributed by atoms with Crippen molar-refractivity contribution in [3.63, 3.8) is 0 Å². The smallest absolute Gasteiger partial charge is 0.255 e. The van der Waals surface area contributed by atoms with Crippen molar-refractivity contribution in [3.05, 3.63) is 63.1 Å². The Morgan fingerprint density at radius 3 is 3.06 bits per heavy atom. The minimum atomic E-state index is -0.280. The molecule has 0 fully saturated rings. The maximum absolute atomic E-state index is 13.1. The van der Waals surface area contributed by atoms with Gasteiger partial charge in [-0.25, -0.2) is 9.37 Å². The van der Waals surface area contributed by atoms with Gasteiger partial charge >= 0.3 is 0 Å². The molecule has 1 aromatic carbocycles. The minimum absolute atomic E-state index is 0.101. The van der Waals surface area contributed by atoms with Crippen LogP contribution >= 0.6 is 0 Å². The van der Waals surface area contributed by atoms with Gasteiger partial charge in [0.1, 0.15) is 11.6 Å². The minimum Gasteiger partial charge on any atom is -0.310 e. The first-order chi connectivity index (χ1) is 8.72. The zero-order chi connectivity index (χ0) is 12.5. The highest BCUT2D eigenvalue weighted by Crippen LogP contribution is 2.11. The van der Waals surface area contributed by atoms with Gasteiger partial charge in [-0.1, -0.05) is 12.1 Å². The first-order valence-corrected chi connectivity index (χ1v) is 5.78. The Labute approximate surface area is 103 Å². The van der Waals surface area contributed by atoms with Crippen molar-refractivity contribution in [2.75, 3.05) is 0 Å². The van der Waals surface area contributed by atoms with Crippen molar-refractivity contribution in [1.82, 2.24) is 15.3 Å². The monoisotopic (exact) mass is 245 g/mol. The molecule has 0 atom stereocenters. The second kappa shape index (κ2) is 4.34. The molecule has 0 spiro atoms. The molecule has 4 nitrogen and oxygen atoms in total. The standard InChI is InChI=1S/C13H12FN3O/c14-9-3-1-2-8(4-9)5-12-16-11-7-15-6-10(11)13(18)17-12/h1-4,15H,5-7H2,(H,16,17,18). The molecular weight excluding hydrogens is 233 g/mol. The largest absolute Gasteiger partial charge is 0.310 e. The summed E-state index contributed by atoms with van der Waals surface area (Å²) in [6, 6.07) is 6.31. The molecule has 92 valence electrons. The molecule has 2 aromatic rings. The Hall–Kier alpha value is -2.01. The molecule has 1 aliphatic rings. The average molecular weight is 245 g/mol. The van der Waals surface area contributed by atoms with Crippen molar-refractivity contribution in [1.29, 1.82) is 0 Å². The fourth-order valence-corrected chi connectivity index (χ4v) is 2.15. The van der Waals surface area contributed by atoms with E-state index in [9.17, 15) is 9.18 Å². The summed E-state index contributed by atoms with van der Waals surface area (Å²) in [4.78, 5) is 18.9. The summed E-state index contributed by atoms with van der Waals surface area (Å²) in [7, 11) is 0. The van der Waals surface area contributed by atoms with Crippen LogP contribution in [-0.4, -0.2) is 9.97 Å². The van der Waals surface area contributed by atoms with E-state index in [4.69, 9.17) is 0 Å². The third kappa shape index (κ3) is 2.04. The molecule has 1 aromatic heterocycles. The van der Waals surface area contributed by atoms with E-state index in [-0.39, 0.29) is 11.4 Å². The molecular formula is C13H12FN3O. The van der Waals surface area contributed by atoms with E-state index in [1.807, 2.05) is 6.07 Å². The molecule has 3 rings (SSSR count). The number of hydrogen-bond donors (Lipinski definition) is 2. The maximum Gasteiger partial charge on any atom is 0.255 e. The van der Waals surface area contributed by atoms with Crippen LogP contribution < -0.4 is 10.9 Å². The molecule has 5 heteroatoms. The number of rotatable bonds is 2. The third-order valence-corrected chi connectivity index (χ3v) is 3.00. The molecule has 0 bridgehead atoms. The number of hydrogen-bond acceptors (Lipinski definition) is 3. The molecule has 18 heavy (non-hydrogen) atoms. The van der Waals surface area contributed by atoms with Gasteiger partial charge in [0.25, 0.3) is 5.56 Å². The first kappa shape index (κ1) is 11.1. The van der Waals surface area contributed by atoms with Crippen LogP contribution in [0.3, 0.4) is 0 Å². The number of fused-ring (bicyclic) bond motifs is 1. The van der Waals surface area contributed by atoms with E-state index < -0.39 is 0 Å². The van der Waals surface area contributed by atoms with Crippen LogP contribution in [0.5, 0.6) is 0 Å². The first-order valence-electron chi connectivity index (χ1n) is 5.78. The summed E-state index contributed by atoms with van der Waals surface area (Å²) >= 11 is 0. The Kier molecular flexibility index (Phi) is 2.68. The quantitative estimate of drug-likeness (QED) is 0.833. The van der Waals surface area contributed by atoms with Crippen LogP contribution in [0.25, 0.3) is 0 Å². The second-order valence-corrected chi connectivity index (χ2v) is 4.35. The lowest BCUT2D eigenvalue weighted by atomic mass is 10.1. The van der Waals surface area contributed by atoms with E-state index in [1.54, 1.807) is 6.07 Å². The van der Waals surface area contributed by atoms with E-state index in [0.29, 0.717) is 30.9 Å². The Bertz CT molecular complexity index is 651. The predicted molar refractivity (Wildman–Crippen MR) is 64.6 cm³/mol. The maximum atomic E-state index is 13.1. The van der Waals surface area contributed by atoms with Gasteiger partial charge in [-0.05, 0) is 17.7 Å². The van der Waals surface area contributed by atoms with Crippen LogP contribution in [0.2, 0.25) is 0 Å². The van der Waals surface area contributed by atoms with Gasteiger partial charge in [0.05, 0.1) is 11.3 Å². The number of nitrogens with one attached hydrogen (secondary N) is 2. The lowest BCUT2D eigenvalue weighted by Crippen LogP contribution is -2.17. The third-order valence-electron chi connectivity index (χ3n) is 3.00. The zero-order valence-electron chi connectivity index (χ0n) is 9.66. The lowest BCUT2D eigenvalue weighted by molar-refractivity contribution is 0.625. The molecule has 0 unspecified atom stereocenters. The molecule has 0 saturated carbocycles. The Morgan fingerprint density at radius 1 is 1.33 bits per heavy atom. The second-order valence-electron chi connectivity index (χ2n) is 4.35. The van der Waals surface area contributed by atoms with Crippen molar-refractivity contribution < 1.29 is 4.39 Å². The fourth-order valence-electron chi connectivity index (χ4n) is 2.15. The summed E-state index contributed by atoms with van der Waals surface area (Å²) in [5, 5.41) is 3.09. The van der Waals surface area contributed by atoms with Crippen molar-refractivity contribution >= 4 is 0 Å². The van der Waals surface area contributed by atoms with Crippen LogP contribution in [0.4, 0.5) is 4.39 Å². The van der Waals surface area contributed by atoms with Crippen LogP contribution in [0.1, 0.15) is 22.6 Å². The van der Waals surface area contributed by atoms with Gasteiger partial charge in [0, 0.05) is 19.5 Å². The number of benzene rings is 1. The summed E-state index contributed by atoms with van der Waals surface area (Å²) in [6.45, 7) is 1.19. The molecule has 2 N–H and O–H groups in total. The molecule has 0 saturated heterocycles. The SMILES string of the molecule is O=c1[nH]c(Cc2cccc(F)c2)nc2c1CNC2. The molecule has 1 aliphatic heterocycles. The highest BCUT2D eigenvalue weighted by atomic mass is 19.1. The molecule has 0 aliphatic carbocycles. The fraction of sp³-hybridized carbons (Fsp3) is 0.231. The van der Waals surface area contributed by atoms with Crippen LogP contribution in [0, 0.1) is 5.82 Å². The molecule has 2 heterocycles. The summed E-state index contributed by atoms with van der Waals surface area (Å²) in [5.74, 6) is 0.297. The van der Waals surface area contributed by atoms with Crippen molar-refractivity contribution in [3.8, 4) is 0 Å². The zero-order valence-corrected chi connectivity index (χ0v) is 9.66. The number of aromatic amines is 1. The topological polar surface area (TPSA) is 57.8 Å². The number of halogens is 1. The molecule has 0 radical (unpaired) electrons. The van der Waals surface area contributed by atoms with E-state index in [0.717, 1.165) is 11.3 Å². The van der Waals surface area contributed by atoms with Crippen molar-refractivity contribution in [2.45, 2.75) is 19.5 Å². The summed E-state index contributed by atoms with van der Waals surface area (Å²) < 4.78 is 13.1. The van der Waals surface area contributed by atoms with Gasteiger partial charge in [0.15, 0.2) is 0 Å². The van der Waals surface area contributed by atoms with Gasteiger partial charge in [-0.2, -0.15) is 0 Å². The average Bonchev–Trinajstić information content (AvgIpc) is 2.77. The van der Waals surface area contributed by atoms with Crippen molar-refractivity contribution in [2.24, 2.45) is 0 Å². The lowest BCUT2D eigenvalue weighted by Gasteiger charge is -2.03. The van der Waals surface area contributed by atoms with Crippen LogP contribution in [-0.2, 0) is 19.5 Å².